The van der Waals surface area contributed by atoms with E-state index >= 15 is 0 Å². The zero-order chi connectivity index (χ0) is 11.0. The molecule has 84 valence electrons. The van der Waals surface area contributed by atoms with Crippen LogP contribution >= 0.6 is 0 Å². The number of pyridine rings is 1. The standard InChI is InChI=1S/C14H18N2/c1-10-5-6-12(9-16-10)13-4-2-3-11-7-8-15-14(11)13/h4-6,9,11,14-15H,2-3,7-8H2,1H3/t11-,14+/m1/s1. The Bertz CT molecular complexity index is 405. The van der Waals surface area contributed by atoms with Crippen molar-refractivity contribution in [3.8, 4) is 0 Å². The predicted molar refractivity (Wildman–Crippen MR) is 66.1 cm³/mol. The molecule has 1 aromatic rings. The minimum atomic E-state index is 0.582. The number of fused-ring (bicyclic) bond motifs is 1. The second-order valence-corrected chi connectivity index (χ2v) is 4.91. The van der Waals surface area contributed by atoms with Gasteiger partial charge < -0.3 is 5.32 Å². The minimum absolute atomic E-state index is 0.582. The minimum Gasteiger partial charge on any atom is -0.310 e. The molecule has 0 saturated carbocycles. The molecule has 0 spiro atoms. The first-order chi connectivity index (χ1) is 7.84. The van der Waals surface area contributed by atoms with Crippen LogP contribution in [0.15, 0.2) is 24.4 Å². The van der Waals surface area contributed by atoms with Crippen LogP contribution in [0, 0.1) is 12.8 Å². The summed E-state index contributed by atoms with van der Waals surface area (Å²) in [6.07, 6.45) is 8.32. The Hall–Kier alpha value is -1.15. The van der Waals surface area contributed by atoms with Crippen LogP contribution < -0.4 is 5.32 Å². The van der Waals surface area contributed by atoms with Crippen LogP contribution in [0.3, 0.4) is 0 Å². The molecule has 1 aliphatic carbocycles. The van der Waals surface area contributed by atoms with Crippen molar-refractivity contribution in [3.05, 3.63) is 35.7 Å². The van der Waals surface area contributed by atoms with E-state index in [0.29, 0.717) is 6.04 Å². The fourth-order valence-corrected chi connectivity index (χ4v) is 2.95. The van der Waals surface area contributed by atoms with Crippen molar-refractivity contribution in [2.24, 2.45) is 5.92 Å². The van der Waals surface area contributed by atoms with Gasteiger partial charge in [0.05, 0.1) is 0 Å². The summed E-state index contributed by atoms with van der Waals surface area (Å²) in [5.41, 5.74) is 3.87. The Morgan fingerprint density at radius 1 is 1.31 bits per heavy atom. The number of rotatable bonds is 1. The van der Waals surface area contributed by atoms with Gasteiger partial charge in [-0.3, -0.25) is 4.98 Å². The van der Waals surface area contributed by atoms with Gasteiger partial charge in [0, 0.05) is 17.9 Å². The first-order valence-electron chi connectivity index (χ1n) is 6.21. The van der Waals surface area contributed by atoms with Crippen LogP contribution in [-0.4, -0.2) is 17.6 Å². The summed E-state index contributed by atoms with van der Waals surface area (Å²) in [5, 5.41) is 3.63. The van der Waals surface area contributed by atoms with Crippen molar-refractivity contribution < 1.29 is 0 Å². The predicted octanol–water partition coefficient (Wildman–Crippen LogP) is 2.55. The molecule has 1 saturated heterocycles. The van der Waals surface area contributed by atoms with Crippen LogP contribution in [0.2, 0.25) is 0 Å². The van der Waals surface area contributed by atoms with Gasteiger partial charge in [-0.1, -0.05) is 12.1 Å². The normalized spacial score (nSPS) is 28.7. The molecule has 16 heavy (non-hydrogen) atoms. The molecule has 1 N–H and O–H groups in total. The second kappa shape index (κ2) is 4.02. The Labute approximate surface area is 96.8 Å². The topological polar surface area (TPSA) is 24.9 Å². The molecule has 1 aliphatic heterocycles. The van der Waals surface area contributed by atoms with Gasteiger partial charge in [-0.05, 0) is 55.9 Å². The Morgan fingerprint density at radius 2 is 2.25 bits per heavy atom. The van der Waals surface area contributed by atoms with Gasteiger partial charge in [0.1, 0.15) is 0 Å². The molecule has 3 rings (SSSR count). The Balaban J connectivity index is 1.93. The molecule has 2 heteroatoms. The maximum absolute atomic E-state index is 4.40. The van der Waals surface area contributed by atoms with Gasteiger partial charge in [0.15, 0.2) is 0 Å². The van der Waals surface area contributed by atoms with E-state index in [9.17, 15) is 0 Å². The molecular formula is C14H18N2. The molecule has 0 aromatic carbocycles. The Morgan fingerprint density at radius 3 is 3.06 bits per heavy atom. The number of allylic oxidation sites excluding steroid dienone is 1. The van der Waals surface area contributed by atoms with Crippen molar-refractivity contribution in [1.29, 1.82) is 0 Å². The average molecular weight is 214 g/mol. The van der Waals surface area contributed by atoms with E-state index < -0.39 is 0 Å². The molecule has 2 aliphatic rings. The molecule has 1 fully saturated rings. The fraction of sp³-hybridized carbons (Fsp3) is 0.500. The molecule has 0 amide bonds. The third-order valence-corrected chi connectivity index (χ3v) is 3.83. The third-order valence-electron chi connectivity index (χ3n) is 3.83. The zero-order valence-electron chi connectivity index (χ0n) is 9.74. The molecular weight excluding hydrogens is 196 g/mol. The van der Waals surface area contributed by atoms with E-state index in [-0.39, 0.29) is 0 Å². The summed E-state index contributed by atoms with van der Waals surface area (Å²) < 4.78 is 0. The van der Waals surface area contributed by atoms with Crippen molar-refractivity contribution in [2.45, 2.75) is 32.2 Å². The van der Waals surface area contributed by atoms with Gasteiger partial charge in [-0.25, -0.2) is 0 Å². The molecule has 0 unspecified atom stereocenters. The summed E-state index contributed by atoms with van der Waals surface area (Å²) >= 11 is 0. The van der Waals surface area contributed by atoms with E-state index in [1.54, 1.807) is 0 Å². The number of nitrogens with zero attached hydrogens (tertiary/aromatic N) is 1. The largest absolute Gasteiger partial charge is 0.310 e. The molecule has 2 atom stereocenters. The summed E-state index contributed by atoms with van der Waals surface area (Å²) in [6.45, 7) is 3.21. The van der Waals surface area contributed by atoms with Crippen molar-refractivity contribution in [1.82, 2.24) is 10.3 Å². The lowest BCUT2D eigenvalue weighted by Gasteiger charge is -2.27. The van der Waals surface area contributed by atoms with Crippen LogP contribution in [0.4, 0.5) is 0 Å². The summed E-state index contributed by atoms with van der Waals surface area (Å²) in [4.78, 5) is 4.40. The van der Waals surface area contributed by atoms with E-state index in [1.807, 2.05) is 13.1 Å². The maximum atomic E-state index is 4.40. The highest BCUT2D eigenvalue weighted by Crippen LogP contribution is 2.35. The molecule has 2 nitrogen and oxygen atoms in total. The van der Waals surface area contributed by atoms with Crippen molar-refractivity contribution in [3.63, 3.8) is 0 Å². The lowest BCUT2D eigenvalue weighted by atomic mass is 9.82. The van der Waals surface area contributed by atoms with E-state index in [0.717, 1.165) is 11.6 Å². The fourth-order valence-electron chi connectivity index (χ4n) is 2.95. The highest BCUT2D eigenvalue weighted by Gasteiger charge is 2.32. The second-order valence-electron chi connectivity index (χ2n) is 4.91. The van der Waals surface area contributed by atoms with Gasteiger partial charge in [0.2, 0.25) is 0 Å². The number of aryl methyl sites for hydroxylation is 1. The summed E-state index contributed by atoms with van der Waals surface area (Å²) in [7, 11) is 0. The summed E-state index contributed by atoms with van der Waals surface area (Å²) in [5.74, 6) is 0.848. The molecule has 0 radical (unpaired) electrons. The van der Waals surface area contributed by atoms with Gasteiger partial charge >= 0.3 is 0 Å². The highest BCUT2D eigenvalue weighted by molar-refractivity contribution is 5.70. The molecule has 1 aromatic heterocycles. The average Bonchev–Trinajstić information content (AvgIpc) is 2.78. The highest BCUT2D eigenvalue weighted by atomic mass is 15.0. The van der Waals surface area contributed by atoms with E-state index in [2.05, 4.69) is 28.5 Å². The molecule has 2 heterocycles. The number of nitrogens with one attached hydrogen (secondary N) is 1. The number of hydrogen-bond acceptors (Lipinski definition) is 2. The monoisotopic (exact) mass is 214 g/mol. The Kier molecular flexibility index (Phi) is 2.52. The van der Waals surface area contributed by atoms with Gasteiger partial charge in [-0.2, -0.15) is 0 Å². The van der Waals surface area contributed by atoms with Crippen LogP contribution in [-0.2, 0) is 0 Å². The van der Waals surface area contributed by atoms with Crippen LogP contribution in [0.1, 0.15) is 30.5 Å². The smallest absolute Gasteiger partial charge is 0.0373 e. The van der Waals surface area contributed by atoms with Crippen LogP contribution in [0.5, 0.6) is 0 Å². The number of aromatic nitrogens is 1. The van der Waals surface area contributed by atoms with Crippen molar-refractivity contribution >= 4 is 5.57 Å². The third kappa shape index (κ3) is 1.67. The first kappa shape index (κ1) is 10.0. The first-order valence-corrected chi connectivity index (χ1v) is 6.21. The summed E-state index contributed by atoms with van der Waals surface area (Å²) in [6, 6.07) is 4.89. The van der Waals surface area contributed by atoms with Gasteiger partial charge in [-0.15, -0.1) is 0 Å². The lowest BCUT2D eigenvalue weighted by Crippen LogP contribution is -2.30. The van der Waals surface area contributed by atoms with E-state index in [1.165, 1.54) is 36.9 Å². The van der Waals surface area contributed by atoms with Crippen molar-refractivity contribution in [2.75, 3.05) is 6.54 Å². The molecule has 0 bridgehead atoms. The maximum Gasteiger partial charge on any atom is 0.0373 e. The number of hydrogen-bond donors (Lipinski definition) is 1. The zero-order valence-corrected chi connectivity index (χ0v) is 9.74. The van der Waals surface area contributed by atoms with Gasteiger partial charge in [0.25, 0.3) is 0 Å². The quantitative estimate of drug-likeness (QED) is 0.777. The SMILES string of the molecule is Cc1ccc(C2=CCC[C@@H]3CCN[C@H]23)cn1. The van der Waals surface area contributed by atoms with Crippen LogP contribution in [0.25, 0.3) is 5.57 Å². The van der Waals surface area contributed by atoms with E-state index in [4.69, 9.17) is 0 Å². The lowest BCUT2D eigenvalue weighted by molar-refractivity contribution is 0.470.